The summed E-state index contributed by atoms with van der Waals surface area (Å²) in [6.45, 7) is 5.91. The van der Waals surface area contributed by atoms with Gasteiger partial charge in [0.1, 0.15) is 0 Å². The monoisotopic (exact) mass is 249 g/mol. The first kappa shape index (κ1) is 13.0. The highest BCUT2D eigenvalue weighted by Crippen LogP contribution is 2.51. The van der Waals surface area contributed by atoms with Crippen molar-refractivity contribution in [3.8, 4) is 0 Å². The van der Waals surface area contributed by atoms with Crippen molar-refractivity contribution in [2.24, 2.45) is 29.6 Å². The number of rotatable bonds is 4. The molecular weight excluding hydrogens is 218 g/mol. The van der Waals surface area contributed by atoms with Gasteiger partial charge in [-0.1, -0.05) is 33.1 Å². The molecule has 3 aliphatic rings. The maximum absolute atomic E-state index is 3.89. The molecule has 18 heavy (non-hydrogen) atoms. The summed E-state index contributed by atoms with van der Waals surface area (Å²) in [5.41, 5.74) is 0. The summed E-state index contributed by atoms with van der Waals surface area (Å²) in [5, 5.41) is 3.89. The summed E-state index contributed by atoms with van der Waals surface area (Å²) < 4.78 is 0. The average Bonchev–Trinajstić information content (AvgIpc) is 2.99. The van der Waals surface area contributed by atoms with Crippen molar-refractivity contribution >= 4 is 0 Å². The van der Waals surface area contributed by atoms with E-state index >= 15 is 0 Å². The molecule has 3 aliphatic carbocycles. The van der Waals surface area contributed by atoms with E-state index in [9.17, 15) is 0 Å². The summed E-state index contributed by atoms with van der Waals surface area (Å²) in [4.78, 5) is 0. The van der Waals surface area contributed by atoms with Crippen LogP contribution in [0.4, 0.5) is 0 Å². The molecule has 0 aromatic carbocycles. The molecular formula is C17H31N. The van der Waals surface area contributed by atoms with Gasteiger partial charge in [0, 0.05) is 6.04 Å². The standard InChI is InChI=1S/C17H31N/c1-3-18-17(14-7-4-12(2)5-8-14)16-11-13-6-9-15(16)10-13/h12-18H,3-11H2,1-2H3. The Morgan fingerprint density at radius 2 is 1.78 bits per heavy atom. The summed E-state index contributed by atoms with van der Waals surface area (Å²) in [5.74, 6) is 5.19. The zero-order chi connectivity index (χ0) is 12.5. The van der Waals surface area contributed by atoms with Gasteiger partial charge in [-0.25, -0.2) is 0 Å². The van der Waals surface area contributed by atoms with Gasteiger partial charge in [-0.05, 0) is 68.2 Å². The molecule has 104 valence electrons. The molecule has 3 saturated carbocycles. The van der Waals surface area contributed by atoms with Crippen LogP contribution in [0.15, 0.2) is 0 Å². The van der Waals surface area contributed by atoms with E-state index in [1.807, 2.05) is 0 Å². The lowest BCUT2D eigenvalue weighted by atomic mass is 9.71. The topological polar surface area (TPSA) is 12.0 Å². The van der Waals surface area contributed by atoms with E-state index in [1.165, 1.54) is 32.2 Å². The molecule has 0 aromatic heterocycles. The molecule has 1 nitrogen and oxygen atoms in total. The lowest BCUT2D eigenvalue weighted by Crippen LogP contribution is -2.45. The van der Waals surface area contributed by atoms with Gasteiger partial charge in [0.05, 0.1) is 0 Å². The smallest absolute Gasteiger partial charge is 0.0126 e. The van der Waals surface area contributed by atoms with Crippen LogP contribution in [0.3, 0.4) is 0 Å². The second-order valence-electron chi connectivity index (χ2n) is 7.44. The van der Waals surface area contributed by atoms with Crippen LogP contribution >= 0.6 is 0 Å². The molecule has 4 atom stereocenters. The normalized spacial score (nSPS) is 45.3. The van der Waals surface area contributed by atoms with Gasteiger partial charge in [-0.15, -0.1) is 0 Å². The molecule has 0 radical (unpaired) electrons. The fraction of sp³-hybridized carbons (Fsp3) is 1.00. The Kier molecular flexibility index (Phi) is 3.98. The Bertz CT molecular complexity index is 267. The molecule has 0 aliphatic heterocycles. The first-order valence-corrected chi connectivity index (χ1v) is 8.51. The molecule has 1 N–H and O–H groups in total. The summed E-state index contributed by atoms with van der Waals surface area (Å²) >= 11 is 0. The van der Waals surface area contributed by atoms with Crippen LogP contribution in [-0.2, 0) is 0 Å². The largest absolute Gasteiger partial charge is 0.314 e. The van der Waals surface area contributed by atoms with Crippen LogP contribution in [0.5, 0.6) is 0 Å². The third-order valence-electron chi connectivity index (χ3n) is 6.26. The Morgan fingerprint density at radius 3 is 2.33 bits per heavy atom. The predicted octanol–water partition coefficient (Wildman–Crippen LogP) is 4.23. The van der Waals surface area contributed by atoms with E-state index in [0.29, 0.717) is 0 Å². The van der Waals surface area contributed by atoms with E-state index in [4.69, 9.17) is 0 Å². The van der Waals surface area contributed by atoms with Crippen LogP contribution in [0, 0.1) is 29.6 Å². The molecule has 3 rings (SSSR count). The minimum absolute atomic E-state index is 0.859. The molecule has 0 heterocycles. The summed E-state index contributed by atoms with van der Waals surface area (Å²) in [7, 11) is 0. The second kappa shape index (κ2) is 5.53. The fourth-order valence-corrected chi connectivity index (χ4v) is 5.28. The third kappa shape index (κ3) is 2.48. The van der Waals surface area contributed by atoms with Crippen molar-refractivity contribution in [2.45, 2.75) is 71.3 Å². The molecule has 0 spiro atoms. The van der Waals surface area contributed by atoms with Crippen molar-refractivity contribution in [1.82, 2.24) is 5.32 Å². The van der Waals surface area contributed by atoms with E-state index < -0.39 is 0 Å². The number of hydrogen-bond acceptors (Lipinski definition) is 1. The first-order chi connectivity index (χ1) is 8.78. The molecule has 0 aromatic rings. The van der Waals surface area contributed by atoms with Crippen LogP contribution in [0.2, 0.25) is 0 Å². The quantitative estimate of drug-likeness (QED) is 0.786. The van der Waals surface area contributed by atoms with Gasteiger partial charge in [-0.3, -0.25) is 0 Å². The lowest BCUT2D eigenvalue weighted by Gasteiger charge is -2.39. The van der Waals surface area contributed by atoms with Crippen LogP contribution in [0.25, 0.3) is 0 Å². The van der Waals surface area contributed by atoms with E-state index in [0.717, 1.165) is 35.6 Å². The van der Waals surface area contributed by atoms with Gasteiger partial charge in [-0.2, -0.15) is 0 Å². The zero-order valence-electron chi connectivity index (χ0n) is 12.3. The highest BCUT2D eigenvalue weighted by molar-refractivity contribution is 4.98. The SMILES string of the molecule is CCNC(C1CCC(C)CC1)C1CC2CCC1C2. The molecule has 0 saturated heterocycles. The molecule has 3 fully saturated rings. The van der Waals surface area contributed by atoms with Crippen molar-refractivity contribution < 1.29 is 0 Å². The van der Waals surface area contributed by atoms with Crippen molar-refractivity contribution in [2.75, 3.05) is 6.54 Å². The maximum Gasteiger partial charge on any atom is 0.0126 e. The van der Waals surface area contributed by atoms with E-state index in [1.54, 1.807) is 25.7 Å². The predicted molar refractivity (Wildman–Crippen MR) is 77.5 cm³/mol. The molecule has 4 unspecified atom stereocenters. The van der Waals surface area contributed by atoms with E-state index in [2.05, 4.69) is 19.2 Å². The molecule has 0 amide bonds. The van der Waals surface area contributed by atoms with Crippen molar-refractivity contribution in [3.05, 3.63) is 0 Å². The second-order valence-corrected chi connectivity index (χ2v) is 7.44. The first-order valence-electron chi connectivity index (χ1n) is 8.51. The minimum Gasteiger partial charge on any atom is -0.314 e. The third-order valence-corrected chi connectivity index (χ3v) is 6.26. The summed E-state index contributed by atoms with van der Waals surface area (Å²) in [6, 6.07) is 0.859. The lowest BCUT2D eigenvalue weighted by molar-refractivity contribution is 0.148. The van der Waals surface area contributed by atoms with Gasteiger partial charge >= 0.3 is 0 Å². The Hall–Kier alpha value is -0.0400. The highest BCUT2D eigenvalue weighted by Gasteiger charge is 2.45. The maximum atomic E-state index is 3.89. The molecule has 1 heteroatoms. The van der Waals surface area contributed by atoms with Gasteiger partial charge < -0.3 is 5.32 Å². The van der Waals surface area contributed by atoms with Crippen molar-refractivity contribution in [3.63, 3.8) is 0 Å². The fourth-order valence-electron chi connectivity index (χ4n) is 5.28. The van der Waals surface area contributed by atoms with Crippen LogP contribution < -0.4 is 5.32 Å². The Labute approximate surface area is 113 Å². The Morgan fingerprint density at radius 1 is 1.00 bits per heavy atom. The summed E-state index contributed by atoms with van der Waals surface area (Å²) in [6.07, 6.45) is 12.1. The Balaban J connectivity index is 1.64. The van der Waals surface area contributed by atoms with Crippen LogP contribution in [-0.4, -0.2) is 12.6 Å². The van der Waals surface area contributed by atoms with Gasteiger partial charge in [0.2, 0.25) is 0 Å². The van der Waals surface area contributed by atoms with E-state index in [-0.39, 0.29) is 0 Å². The molecule has 2 bridgehead atoms. The zero-order valence-corrected chi connectivity index (χ0v) is 12.3. The minimum atomic E-state index is 0.859. The number of nitrogens with one attached hydrogen (secondary N) is 1. The number of hydrogen-bond donors (Lipinski definition) is 1. The van der Waals surface area contributed by atoms with Gasteiger partial charge in [0.25, 0.3) is 0 Å². The van der Waals surface area contributed by atoms with Gasteiger partial charge in [0.15, 0.2) is 0 Å². The number of fused-ring (bicyclic) bond motifs is 2. The highest BCUT2D eigenvalue weighted by atomic mass is 14.9. The van der Waals surface area contributed by atoms with Crippen LogP contribution in [0.1, 0.15) is 65.2 Å². The average molecular weight is 249 g/mol. The van der Waals surface area contributed by atoms with Crippen molar-refractivity contribution in [1.29, 1.82) is 0 Å².